The maximum absolute atomic E-state index is 12.9. The van der Waals surface area contributed by atoms with Gasteiger partial charge in [0.1, 0.15) is 10.9 Å². The fraction of sp³-hybridized carbons (Fsp3) is 0.300. The summed E-state index contributed by atoms with van der Waals surface area (Å²) in [5, 5.41) is 12.5. The highest BCUT2D eigenvalue weighted by molar-refractivity contribution is 7.20. The molecule has 3 heterocycles. The van der Waals surface area contributed by atoms with Gasteiger partial charge in [-0.25, -0.2) is 0 Å². The second kappa shape index (κ2) is 7.20. The van der Waals surface area contributed by atoms with Gasteiger partial charge in [0.05, 0.1) is 10.6 Å². The molecule has 144 valence electrons. The third kappa shape index (κ3) is 3.31. The van der Waals surface area contributed by atoms with E-state index in [0.717, 1.165) is 21.5 Å². The van der Waals surface area contributed by atoms with E-state index in [4.69, 9.17) is 4.52 Å². The van der Waals surface area contributed by atoms with Gasteiger partial charge < -0.3 is 9.84 Å². The van der Waals surface area contributed by atoms with Crippen LogP contribution in [0.5, 0.6) is 0 Å². The molecule has 4 aromatic rings. The predicted octanol–water partition coefficient (Wildman–Crippen LogP) is 4.12. The number of aryl methyl sites for hydroxylation is 2. The monoisotopic (exact) mass is 395 g/mol. The molecule has 0 fully saturated rings. The van der Waals surface area contributed by atoms with E-state index in [2.05, 4.69) is 20.6 Å². The van der Waals surface area contributed by atoms with Crippen LogP contribution in [-0.2, 0) is 7.05 Å². The molecule has 0 aliphatic heterocycles. The first-order valence-corrected chi connectivity index (χ1v) is 9.88. The number of carbonyl (C=O) groups excluding carboxylic acids is 1. The molecule has 1 atom stereocenters. The van der Waals surface area contributed by atoms with Crippen molar-refractivity contribution in [2.45, 2.75) is 26.8 Å². The third-order valence-corrected chi connectivity index (χ3v) is 5.81. The number of thiophene rings is 1. The summed E-state index contributed by atoms with van der Waals surface area (Å²) in [6, 6.07) is 11.1. The highest BCUT2D eigenvalue weighted by Gasteiger charge is 2.26. The van der Waals surface area contributed by atoms with Gasteiger partial charge in [-0.3, -0.25) is 9.48 Å². The lowest BCUT2D eigenvalue weighted by molar-refractivity contribution is 0.0918. The molecule has 8 heteroatoms. The standard InChI is InChI=1S/C20H21N5O2S/c1-11(2)16(19-22-17(24-27-19)13-8-6-5-7-9-13)21-18(26)15-10-14-12(3)23-25(4)20(14)28-15/h5-11,16H,1-4H3,(H,21,26)/t16-/m1/s1. The first-order chi connectivity index (χ1) is 13.4. The Kier molecular flexibility index (Phi) is 4.72. The van der Waals surface area contributed by atoms with Gasteiger partial charge in [0.25, 0.3) is 5.91 Å². The van der Waals surface area contributed by atoms with Crippen molar-refractivity contribution in [2.75, 3.05) is 0 Å². The van der Waals surface area contributed by atoms with E-state index in [1.165, 1.54) is 11.3 Å². The van der Waals surface area contributed by atoms with E-state index in [0.29, 0.717) is 16.6 Å². The molecular formula is C20H21N5O2S. The number of fused-ring (bicyclic) bond motifs is 1. The number of carbonyl (C=O) groups is 1. The van der Waals surface area contributed by atoms with Crippen LogP contribution in [0.1, 0.15) is 41.1 Å². The van der Waals surface area contributed by atoms with Crippen LogP contribution in [0.25, 0.3) is 21.6 Å². The number of nitrogens with zero attached hydrogens (tertiary/aromatic N) is 4. The zero-order valence-corrected chi connectivity index (χ0v) is 16.9. The number of hydrogen-bond donors (Lipinski definition) is 1. The Morgan fingerprint density at radius 3 is 2.68 bits per heavy atom. The normalized spacial score (nSPS) is 12.6. The largest absolute Gasteiger partial charge is 0.339 e. The van der Waals surface area contributed by atoms with Crippen LogP contribution in [0.3, 0.4) is 0 Å². The van der Waals surface area contributed by atoms with Gasteiger partial charge in [-0.1, -0.05) is 49.3 Å². The van der Waals surface area contributed by atoms with Crippen molar-refractivity contribution in [1.82, 2.24) is 25.2 Å². The van der Waals surface area contributed by atoms with Crippen LogP contribution in [0.4, 0.5) is 0 Å². The van der Waals surface area contributed by atoms with Gasteiger partial charge in [0.15, 0.2) is 0 Å². The van der Waals surface area contributed by atoms with Crippen LogP contribution in [0, 0.1) is 12.8 Å². The van der Waals surface area contributed by atoms with Gasteiger partial charge in [0.2, 0.25) is 11.7 Å². The zero-order valence-electron chi connectivity index (χ0n) is 16.1. The minimum Gasteiger partial charge on any atom is -0.339 e. The predicted molar refractivity (Wildman–Crippen MR) is 108 cm³/mol. The smallest absolute Gasteiger partial charge is 0.262 e. The fourth-order valence-corrected chi connectivity index (χ4v) is 4.14. The SMILES string of the molecule is Cc1nn(C)c2sc(C(=O)N[C@@H](c3nc(-c4ccccc4)no3)C(C)C)cc12. The van der Waals surface area contributed by atoms with Crippen molar-refractivity contribution < 1.29 is 9.32 Å². The number of amides is 1. The summed E-state index contributed by atoms with van der Waals surface area (Å²) in [5.41, 5.74) is 1.79. The van der Waals surface area contributed by atoms with Crippen molar-refractivity contribution in [3.05, 3.63) is 52.9 Å². The Morgan fingerprint density at radius 2 is 2.00 bits per heavy atom. The first-order valence-electron chi connectivity index (χ1n) is 9.07. The molecule has 7 nitrogen and oxygen atoms in total. The third-order valence-electron chi connectivity index (χ3n) is 4.61. The molecule has 0 saturated carbocycles. The molecule has 4 rings (SSSR count). The van der Waals surface area contributed by atoms with Gasteiger partial charge in [-0.15, -0.1) is 11.3 Å². The first kappa shape index (κ1) is 18.4. The summed E-state index contributed by atoms with van der Waals surface area (Å²) in [6.07, 6.45) is 0. The van der Waals surface area contributed by atoms with E-state index in [-0.39, 0.29) is 17.9 Å². The second-order valence-corrected chi connectivity index (χ2v) is 8.09. The topological polar surface area (TPSA) is 85.8 Å². The maximum atomic E-state index is 12.9. The molecular weight excluding hydrogens is 374 g/mol. The minimum atomic E-state index is -0.373. The summed E-state index contributed by atoms with van der Waals surface area (Å²) in [7, 11) is 1.88. The molecule has 1 aromatic carbocycles. The number of hydrogen-bond acceptors (Lipinski definition) is 6. The molecule has 3 aromatic heterocycles. The van der Waals surface area contributed by atoms with E-state index in [1.54, 1.807) is 4.68 Å². The van der Waals surface area contributed by atoms with Gasteiger partial charge in [0, 0.05) is 18.0 Å². The molecule has 28 heavy (non-hydrogen) atoms. The zero-order chi connectivity index (χ0) is 19.8. The number of aromatic nitrogens is 4. The quantitative estimate of drug-likeness (QED) is 0.549. The van der Waals surface area contributed by atoms with Crippen LogP contribution < -0.4 is 5.32 Å². The second-order valence-electron chi connectivity index (χ2n) is 7.06. The summed E-state index contributed by atoms with van der Waals surface area (Å²) in [6.45, 7) is 5.96. The highest BCUT2D eigenvalue weighted by atomic mass is 32.1. The van der Waals surface area contributed by atoms with E-state index in [9.17, 15) is 4.79 Å². The average molecular weight is 395 g/mol. The van der Waals surface area contributed by atoms with Crippen molar-refractivity contribution in [2.24, 2.45) is 13.0 Å². The van der Waals surface area contributed by atoms with Crippen molar-refractivity contribution in [3.8, 4) is 11.4 Å². The van der Waals surface area contributed by atoms with E-state index < -0.39 is 0 Å². The molecule has 0 aliphatic carbocycles. The Balaban J connectivity index is 1.59. The summed E-state index contributed by atoms with van der Waals surface area (Å²) in [5.74, 6) is 0.852. The average Bonchev–Trinajstić information content (AvgIpc) is 3.38. The van der Waals surface area contributed by atoms with E-state index >= 15 is 0 Å². The van der Waals surface area contributed by atoms with Crippen molar-refractivity contribution >= 4 is 27.5 Å². The summed E-state index contributed by atoms with van der Waals surface area (Å²) in [4.78, 5) is 19.0. The molecule has 0 saturated heterocycles. The minimum absolute atomic E-state index is 0.0887. The van der Waals surface area contributed by atoms with Gasteiger partial charge in [-0.2, -0.15) is 10.1 Å². The Hall–Kier alpha value is -3.00. The molecule has 0 radical (unpaired) electrons. The molecule has 0 bridgehead atoms. The van der Waals surface area contributed by atoms with Crippen molar-refractivity contribution in [3.63, 3.8) is 0 Å². The number of nitrogens with one attached hydrogen (secondary N) is 1. The number of rotatable bonds is 5. The molecule has 1 N–H and O–H groups in total. The molecule has 0 spiro atoms. The van der Waals surface area contributed by atoms with E-state index in [1.807, 2.05) is 64.2 Å². The van der Waals surface area contributed by atoms with Crippen molar-refractivity contribution in [1.29, 1.82) is 0 Å². The molecule has 1 amide bonds. The Morgan fingerprint density at radius 1 is 1.25 bits per heavy atom. The Bertz CT molecular complexity index is 1090. The highest BCUT2D eigenvalue weighted by Crippen LogP contribution is 2.29. The lowest BCUT2D eigenvalue weighted by Crippen LogP contribution is -2.31. The molecule has 0 aliphatic rings. The summed E-state index contributed by atoms with van der Waals surface area (Å²) >= 11 is 1.43. The summed E-state index contributed by atoms with van der Waals surface area (Å²) < 4.78 is 7.28. The van der Waals surface area contributed by atoms with Crippen LogP contribution in [0.2, 0.25) is 0 Å². The van der Waals surface area contributed by atoms with Crippen LogP contribution in [0.15, 0.2) is 40.9 Å². The van der Waals surface area contributed by atoms with Crippen LogP contribution >= 0.6 is 11.3 Å². The maximum Gasteiger partial charge on any atom is 0.262 e. The molecule has 0 unspecified atom stereocenters. The lowest BCUT2D eigenvalue weighted by atomic mass is 10.0. The fourth-order valence-electron chi connectivity index (χ4n) is 3.11. The van der Waals surface area contributed by atoms with Gasteiger partial charge in [-0.05, 0) is 18.9 Å². The number of benzene rings is 1. The van der Waals surface area contributed by atoms with Gasteiger partial charge >= 0.3 is 0 Å². The Labute approximate surface area is 166 Å². The van der Waals surface area contributed by atoms with Crippen LogP contribution in [-0.4, -0.2) is 25.8 Å². The lowest BCUT2D eigenvalue weighted by Gasteiger charge is -2.17.